The molecule has 0 radical (unpaired) electrons. The van der Waals surface area contributed by atoms with Gasteiger partial charge in [-0.2, -0.15) is 0 Å². The van der Waals surface area contributed by atoms with E-state index in [0.717, 1.165) is 12.7 Å². The molecule has 0 N–H and O–H groups in total. The first-order chi connectivity index (χ1) is 11.2. The van der Waals surface area contributed by atoms with Gasteiger partial charge >= 0.3 is 150 Å². The van der Waals surface area contributed by atoms with Crippen LogP contribution < -0.4 is 0 Å². The number of allylic oxidation sites excluding steroid dienone is 2. The molecule has 1 aliphatic carbocycles. The van der Waals surface area contributed by atoms with E-state index in [-0.39, 0.29) is 0 Å². The average molecular weight is 427 g/mol. The summed E-state index contributed by atoms with van der Waals surface area (Å²) >= 11 is -2.02. The molecule has 0 saturated heterocycles. The first kappa shape index (κ1) is 21.3. The summed E-state index contributed by atoms with van der Waals surface area (Å²) in [5, 5.41) is 0. The van der Waals surface area contributed by atoms with Gasteiger partial charge in [0, 0.05) is 0 Å². The van der Waals surface area contributed by atoms with Crippen LogP contribution in [-0.2, 0) is 4.79 Å². The Bertz CT molecular complexity index is 326. The van der Waals surface area contributed by atoms with Gasteiger partial charge in [0.15, 0.2) is 0 Å². The number of unbranched alkanes of at least 4 members (excludes halogenated alkanes) is 3. The van der Waals surface area contributed by atoms with Crippen LogP contribution in [0.2, 0.25) is 17.7 Å². The van der Waals surface area contributed by atoms with E-state index < -0.39 is 18.4 Å². The van der Waals surface area contributed by atoms with Crippen LogP contribution in [0.25, 0.3) is 0 Å². The molecule has 1 nitrogen and oxygen atoms in total. The summed E-state index contributed by atoms with van der Waals surface area (Å²) in [6, 6.07) is 0. The van der Waals surface area contributed by atoms with Gasteiger partial charge in [-0.15, -0.1) is 0 Å². The normalized spacial score (nSPS) is 18.7. The second kappa shape index (κ2) is 12.6. The standard InChI is InChI=1S/C9H13O.3C4H9.Sn/c1-8-3-2-4-9(7-8)5-6-10;3*1-3-4-2;/h3,6,9H,1-2,4-5,7H2;3*1,3-4H2,2H3;. The van der Waals surface area contributed by atoms with Crippen LogP contribution in [0.4, 0.5) is 0 Å². The van der Waals surface area contributed by atoms with Gasteiger partial charge in [-0.25, -0.2) is 0 Å². The Balaban J connectivity index is 2.78. The second-order valence-electron chi connectivity index (χ2n) is 7.90. The van der Waals surface area contributed by atoms with Crippen molar-refractivity contribution in [1.29, 1.82) is 0 Å². The first-order valence-electron chi connectivity index (χ1n) is 10.3. The zero-order valence-electron chi connectivity index (χ0n) is 16.0. The molecule has 0 heterocycles. The molecule has 23 heavy (non-hydrogen) atoms. The monoisotopic (exact) mass is 428 g/mol. The SMILES string of the molecule is CCC[CH2][Sn]([CH2]CCC)([CH2]CCC)[CH2]C1=CCCC(CC=O)C1. The zero-order valence-corrected chi connectivity index (χ0v) is 18.9. The number of carbonyl (C=O) groups is 1. The van der Waals surface area contributed by atoms with Crippen molar-refractivity contribution < 1.29 is 4.79 Å². The summed E-state index contributed by atoms with van der Waals surface area (Å²) in [7, 11) is 0. The van der Waals surface area contributed by atoms with Gasteiger partial charge in [-0.05, 0) is 0 Å². The third kappa shape index (κ3) is 8.22. The Kier molecular flexibility index (Phi) is 11.6. The number of carbonyl (C=O) groups excluding carboxylic acids is 1. The summed E-state index contributed by atoms with van der Waals surface area (Å²) in [6.07, 6.45) is 16.7. The van der Waals surface area contributed by atoms with Crippen molar-refractivity contribution in [2.75, 3.05) is 0 Å². The molecule has 0 bridgehead atoms. The molecule has 0 fully saturated rings. The quantitative estimate of drug-likeness (QED) is 0.173. The Hall–Kier alpha value is 0.209. The summed E-state index contributed by atoms with van der Waals surface area (Å²) in [6.45, 7) is 7.07. The molecule has 1 aliphatic rings. The van der Waals surface area contributed by atoms with Crippen molar-refractivity contribution in [2.24, 2.45) is 5.92 Å². The number of hydrogen-bond acceptors (Lipinski definition) is 1. The van der Waals surface area contributed by atoms with E-state index in [1.807, 2.05) is 0 Å². The van der Waals surface area contributed by atoms with Crippen LogP contribution in [0, 0.1) is 5.92 Å². The van der Waals surface area contributed by atoms with Crippen molar-refractivity contribution in [3.63, 3.8) is 0 Å². The molecular weight excluding hydrogens is 387 g/mol. The Morgan fingerprint density at radius 2 is 1.61 bits per heavy atom. The topological polar surface area (TPSA) is 17.1 Å². The van der Waals surface area contributed by atoms with Gasteiger partial charge < -0.3 is 0 Å². The number of rotatable bonds is 13. The van der Waals surface area contributed by atoms with Crippen LogP contribution in [-0.4, -0.2) is 24.7 Å². The van der Waals surface area contributed by atoms with Crippen LogP contribution in [0.3, 0.4) is 0 Å². The second-order valence-corrected chi connectivity index (χ2v) is 21.8. The molecule has 0 amide bonds. The summed E-state index contributed by atoms with van der Waals surface area (Å²) in [5.74, 6) is 0.653. The molecule has 1 unspecified atom stereocenters. The molecule has 0 aromatic heterocycles. The van der Waals surface area contributed by atoms with E-state index in [1.165, 1.54) is 62.2 Å². The molecule has 0 aliphatic heterocycles. The van der Waals surface area contributed by atoms with Crippen molar-refractivity contribution in [3.05, 3.63) is 11.6 Å². The molecule has 0 saturated carbocycles. The first-order valence-corrected chi connectivity index (χ1v) is 18.4. The van der Waals surface area contributed by atoms with Gasteiger partial charge in [-0.1, -0.05) is 0 Å². The maximum absolute atomic E-state index is 10.9. The van der Waals surface area contributed by atoms with Crippen molar-refractivity contribution >= 4 is 24.7 Å². The van der Waals surface area contributed by atoms with E-state index in [0.29, 0.717) is 5.92 Å². The van der Waals surface area contributed by atoms with E-state index in [2.05, 4.69) is 26.8 Å². The van der Waals surface area contributed by atoms with Crippen LogP contribution in [0.15, 0.2) is 11.6 Å². The Labute approximate surface area is 149 Å². The fraction of sp³-hybridized carbons (Fsp3) is 0.857. The Morgan fingerprint density at radius 3 is 2.09 bits per heavy atom. The molecule has 0 aromatic rings. The third-order valence-electron chi connectivity index (χ3n) is 5.77. The van der Waals surface area contributed by atoms with Crippen LogP contribution >= 0.6 is 0 Å². The Morgan fingerprint density at radius 1 is 1.04 bits per heavy atom. The third-order valence-corrected chi connectivity index (χ3v) is 21.3. The van der Waals surface area contributed by atoms with Crippen LogP contribution in [0.1, 0.15) is 85.0 Å². The predicted molar refractivity (Wildman–Crippen MR) is 106 cm³/mol. The van der Waals surface area contributed by atoms with Crippen molar-refractivity contribution in [1.82, 2.24) is 0 Å². The van der Waals surface area contributed by atoms with Gasteiger partial charge in [0.2, 0.25) is 0 Å². The molecule has 134 valence electrons. The summed E-state index contributed by atoms with van der Waals surface area (Å²) in [5.41, 5.74) is 1.77. The molecule has 1 rings (SSSR count). The number of aldehydes is 1. The van der Waals surface area contributed by atoms with Crippen molar-refractivity contribution in [3.8, 4) is 0 Å². The van der Waals surface area contributed by atoms with Gasteiger partial charge in [0.25, 0.3) is 0 Å². The molecule has 1 atom stereocenters. The predicted octanol–water partition coefficient (Wildman–Crippen LogP) is 7.15. The molecule has 0 aromatic carbocycles. The minimum absolute atomic E-state index is 0.653. The maximum atomic E-state index is 10.9. The molecule has 0 spiro atoms. The average Bonchev–Trinajstić information content (AvgIpc) is 2.57. The zero-order chi connectivity index (χ0) is 17.0. The fourth-order valence-corrected chi connectivity index (χ4v) is 21.0. The van der Waals surface area contributed by atoms with Gasteiger partial charge in [0.1, 0.15) is 0 Å². The van der Waals surface area contributed by atoms with E-state index in [9.17, 15) is 4.79 Å². The van der Waals surface area contributed by atoms with Gasteiger partial charge in [0.05, 0.1) is 0 Å². The van der Waals surface area contributed by atoms with Crippen molar-refractivity contribution in [2.45, 2.75) is 103 Å². The number of hydrogen-bond donors (Lipinski definition) is 0. The van der Waals surface area contributed by atoms with E-state index in [1.54, 1.807) is 18.9 Å². The molecule has 2 heteroatoms. The van der Waals surface area contributed by atoms with E-state index >= 15 is 0 Å². The van der Waals surface area contributed by atoms with Gasteiger partial charge in [-0.3, -0.25) is 0 Å². The summed E-state index contributed by atoms with van der Waals surface area (Å²) < 4.78 is 6.35. The van der Waals surface area contributed by atoms with Crippen LogP contribution in [0.5, 0.6) is 0 Å². The minimum atomic E-state index is -2.02. The summed E-state index contributed by atoms with van der Waals surface area (Å²) in [4.78, 5) is 10.9. The van der Waals surface area contributed by atoms with E-state index in [4.69, 9.17) is 0 Å². The molecular formula is C21H40OSn. The fourth-order valence-electron chi connectivity index (χ4n) is 4.34.